The first kappa shape index (κ1) is 12.7. The maximum absolute atomic E-state index is 5.81. The monoisotopic (exact) mass is 276 g/mol. The Balaban J connectivity index is 1.83. The van der Waals surface area contributed by atoms with Gasteiger partial charge in [-0.15, -0.1) is 0 Å². The molecule has 0 saturated heterocycles. The molecule has 0 spiro atoms. The summed E-state index contributed by atoms with van der Waals surface area (Å²) in [5.74, 6) is 7.10. The third-order valence-corrected chi connectivity index (χ3v) is 4.09. The second-order valence-electron chi connectivity index (χ2n) is 5.04. The number of hydrazine groups is 1. The smallest absolute Gasteiger partial charge is 0.193 e. The number of halogens is 1. The van der Waals surface area contributed by atoms with E-state index in [4.69, 9.17) is 21.9 Å². The van der Waals surface area contributed by atoms with Crippen LogP contribution in [-0.2, 0) is 0 Å². The van der Waals surface area contributed by atoms with Crippen LogP contribution in [0.25, 0.3) is 0 Å². The van der Waals surface area contributed by atoms with Crippen molar-refractivity contribution in [3.8, 4) is 0 Å². The van der Waals surface area contributed by atoms with E-state index in [9.17, 15) is 0 Å². The number of hydrogen-bond donors (Lipinski definition) is 2. The standard InChI is InChI=1S/C15H17ClN2O/c16-14-9-8-13(19-14)15(18-17)12-6-4-11(5-7-12)10-2-1-3-10/h4-10,15,18H,1-3,17H2. The van der Waals surface area contributed by atoms with Crippen LogP contribution < -0.4 is 11.3 Å². The van der Waals surface area contributed by atoms with Gasteiger partial charge in [-0.1, -0.05) is 30.7 Å². The second kappa shape index (κ2) is 5.37. The van der Waals surface area contributed by atoms with Crippen molar-refractivity contribution in [2.45, 2.75) is 31.2 Å². The number of nitrogens with one attached hydrogen (secondary N) is 1. The van der Waals surface area contributed by atoms with Crippen LogP contribution in [0, 0.1) is 0 Å². The van der Waals surface area contributed by atoms with E-state index in [-0.39, 0.29) is 6.04 Å². The van der Waals surface area contributed by atoms with E-state index in [1.165, 1.54) is 24.8 Å². The van der Waals surface area contributed by atoms with Crippen LogP contribution in [0.5, 0.6) is 0 Å². The van der Waals surface area contributed by atoms with Gasteiger partial charge in [0, 0.05) is 0 Å². The third kappa shape index (κ3) is 2.54. The molecule has 1 fully saturated rings. The Labute approximate surface area is 117 Å². The minimum Gasteiger partial charge on any atom is -0.448 e. The van der Waals surface area contributed by atoms with Crippen molar-refractivity contribution >= 4 is 11.6 Å². The predicted molar refractivity (Wildman–Crippen MR) is 75.9 cm³/mol. The summed E-state index contributed by atoms with van der Waals surface area (Å²) < 4.78 is 5.42. The molecule has 100 valence electrons. The Hall–Kier alpha value is -1.29. The van der Waals surface area contributed by atoms with Crippen molar-refractivity contribution in [2.75, 3.05) is 0 Å². The van der Waals surface area contributed by atoms with Gasteiger partial charge in [0.15, 0.2) is 5.22 Å². The van der Waals surface area contributed by atoms with Gasteiger partial charge >= 0.3 is 0 Å². The Morgan fingerprint density at radius 2 is 1.89 bits per heavy atom. The fourth-order valence-corrected chi connectivity index (χ4v) is 2.68. The Kier molecular flexibility index (Phi) is 3.60. The fourth-order valence-electron chi connectivity index (χ4n) is 2.53. The Morgan fingerprint density at radius 1 is 1.16 bits per heavy atom. The molecule has 1 unspecified atom stereocenters. The zero-order valence-electron chi connectivity index (χ0n) is 10.6. The summed E-state index contributed by atoms with van der Waals surface area (Å²) in [4.78, 5) is 0. The van der Waals surface area contributed by atoms with E-state index in [1.54, 1.807) is 6.07 Å². The van der Waals surface area contributed by atoms with E-state index < -0.39 is 0 Å². The molecule has 19 heavy (non-hydrogen) atoms. The van der Waals surface area contributed by atoms with Crippen molar-refractivity contribution in [2.24, 2.45) is 5.84 Å². The molecule has 4 heteroatoms. The molecule has 1 aliphatic carbocycles. The third-order valence-electron chi connectivity index (χ3n) is 3.89. The molecule has 0 amide bonds. The summed E-state index contributed by atoms with van der Waals surface area (Å²) in [6.45, 7) is 0. The average Bonchev–Trinajstić information content (AvgIpc) is 2.77. The van der Waals surface area contributed by atoms with Crippen LogP contribution in [0.2, 0.25) is 5.22 Å². The fraction of sp³-hybridized carbons (Fsp3) is 0.333. The summed E-state index contributed by atoms with van der Waals surface area (Å²) in [5, 5.41) is 0.376. The van der Waals surface area contributed by atoms with E-state index >= 15 is 0 Å². The Morgan fingerprint density at radius 3 is 2.37 bits per heavy atom. The molecule has 1 aromatic carbocycles. The molecule has 0 radical (unpaired) electrons. The maximum atomic E-state index is 5.81. The number of furan rings is 1. The van der Waals surface area contributed by atoms with Crippen molar-refractivity contribution in [1.29, 1.82) is 0 Å². The summed E-state index contributed by atoms with van der Waals surface area (Å²) in [7, 11) is 0. The van der Waals surface area contributed by atoms with E-state index in [0.29, 0.717) is 5.22 Å². The number of nitrogens with two attached hydrogens (primary N) is 1. The lowest BCUT2D eigenvalue weighted by Crippen LogP contribution is -2.28. The van der Waals surface area contributed by atoms with E-state index in [1.807, 2.05) is 6.07 Å². The molecule has 2 aromatic rings. The molecule has 1 aromatic heterocycles. The van der Waals surface area contributed by atoms with E-state index in [0.717, 1.165) is 17.2 Å². The van der Waals surface area contributed by atoms with Crippen LogP contribution in [0.4, 0.5) is 0 Å². The highest BCUT2D eigenvalue weighted by molar-refractivity contribution is 6.28. The molecular weight excluding hydrogens is 260 g/mol. The minimum absolute atomic E-state index is 0.164. The maximum Gasteiger partial charge on any atom is 0.193 e. The highest BCUT2D eigenvalue weighted by atomic mass is 35.5. The lowest BCUT2D eigenvalue weighted by Gasteiger charge is -2.26. The van der Waals surface area contributed by atoms with Crippen molar-refractivity contribution in [1.82, 2.24) is 5.43 Å². The highest BCUT2D eigenvalue weighted by Crippen LogP contribution is 2.36. The van der Waals surface area contributed by atoms with Gasteiger partial charge < -0.3 is 4.42 Å². The lowest BCUT2D eigenvalue weighted by atomic mass is 9.80. The van der Waals surface area contributed by atoms with Gasteiger partial charge in [-0.3, -0.25) is 5.84 Å². The highest BCUT2D eigenvalue weighted by Gasteiger charge is 2.21. The number of benzene rings is 1. The summed E-state index contributed by atoms with van der Waals surface area (Å²) in [5.41, 5.74) is 5.27. The largest absolute Gasteiger partial charge is 0.448 e. The molecule has 0 bridgehead atoms. The molecule has 3 nitrogen and oxygen atoms in total. The first-order chi connectivity index (χ1) is 9.28. The number of hydrogen-bond acceptors (Lipinski definition) is 3. The van der Waals surface area contributed by atoms with Gasteiger partial charge in [0.2, 0.25) is 0 Å². The Bertz CT molecular complexity index is 546. The predicted octanol–water partition coefficient (Wildman–Crippen LogP) is 3.75. The molecule has 3 rings (SSSR count). The van der Waals surface area contributed by atoms with Crippen LogP contribution >= 0.6 is 11.6 Å². The number of rotatable bonds is 4. The van der Waals surface area contributed by atoms with Gasteiger partial charge in [-0.05, 0) is 53.6 Å². The van der Waals surface area contributed by atoms with Crippen molar-refractivity contribution in [3.63, 3.8) is 0 Å². The van der Waals surface area contributed by atoms with Crippen LogP contribution in [0.15, 0.2) is 40.8 Å². The van der Waals surface area contributed by atoms with Gasteiger partial charge in [0.1, 0.15) is 11.8 Å². The molecule has 3 N–H and O–H groups in total. The van der Waals surface area contributed by atoms with Crippen molar-refractivity contribution in [3.05, 3.63) is 58.5 Å². The minimum atomic E-state index is -0.164. The van der Waals surface area contributed by atoms with E-state index in [2.05, 4.69) is 29.7 Å². The first-order valence-electron chi connectivity index (χ1n) is 6.59. The summed E-state index contributed by atoms with van der Waals surface area (Å²) in [6.07, 6.45) is 3.97. The SMILES string of the molecule is NNC(c1ccc(C2CCC2)cc1)c1ccc(Cl)o1. The quantitative estimate of drug-likeness (QED) is 0.660. The molecule has 1 atom stereocenters. The molecular formula is C15H17ClN2O. The molecule has 1 saturated carbocycles. The first-order valence-corrected chi connectivity index (χ1v) is 6.97. The van der Waals surface area contributed by atoms with Crippen LogP contribution in [0.3, 0.4) is 0 Å². The van der Waals surface area contributed by atoms with Gasteiger partial charge in [0.05, 0.1) is 0 Å². The molecule has 1 aliphatic rings. The van der Waals surface area contributed by atoms with Crippen LogP contribution in [-0.4, -0.2) is 0 Å². The van der Waals surface area contributed by atoms with Crippen molar-refractivity contribution < 1.29 is 4.42 Å². The average molecular weight is 277 g/mol. The van der Waals surface area contributed by atoms with Gasteiger partial charge in [0.25, 0.3) is 0 Å². The molecule has 1 heterocycles. The van der Waals surface area contributed by atoms with Gasteiger partial charge in [-0.25, -0.2) is 5.43 Å². The second-order valence-corrected chi connectivity index (χ2v) is 5.41. The van der Waals surface area contributed by atoms with Crippen LogP contribution in [0.1, 0.15) is 48.1 Å². The molecule has 0 aliphatic heterocycles. The summed E-state index contributed by atoms with van der Waals surface area (Å²) in [6, 6.07) is 12.0. The zero-order valence-corrected chi connectivity index (χ0v) is 11.4. The topological polar surface area (TPSA) is 51.2 Å². The normalized spacial score (nSPS) is 17.2. The zero-order chi connectivity index (χ0) is 13.2. The lowest BCUT2D eigenvalue weighted by molar-refractivity contribution is 0.419. The summed E-state index contributed by atoms with van der Waals surface area (Å²) >= 11 is 5.81. The van der Waals surface area contributed by atoms with Gasteiger partial charge in [-0.2, -0.15) is 0 Å².